The minimum Gasteiger partial charge on any atom is -0.460 e. The van der Waals surface area contributed by atoms with Crippen LogP contribution in [-0.2, 0) is 28.8 Å². The van der Waals surface area contributed by atoms with Crippen molar-refractivity contribution in [1.82, 2.24) is 5.06 Å². The zero-order valence-corrected chi connectivity index (χ0v) is 12.4. The summed E-state index contributed by atoms with van der Waals surface area (Å²) in [5.41, 5.74) is 4.95. The number of imide groups is 1. The summed E-state index contributed by atoms with van der Waals surface area (Å²) in [5.74, 6) is -2.57. The Bertz CT molecular complexity index is 438. The average Bonchev–Trinajstić information content (AvgIpc) is 2.65. The molecule has 8 nitrogen and oxygen atoms in total. The Morgan fingerprint density at radius 3 is 2.24 bits per heavy atom. The summed E-state index contributed by atoms with van der Waals surface area (Å²) >= 11 is 0. The molecule has 0 aromatic heterocycles. The van der Waals surface area contributed by atoms with Gasteiger partial charge in [-0.15, -0.1) is 5.06 Å². The first-order chi connectivity index (χ1) is 9.60. The fourth-order valence-electron chi connectivity index (χ4n) is 1.60. The number of nitrogens with zero attached hydrogens (tertiary/aromatic N) is 1. The number of hydrogen-bond acceptors (Lipinski definition) is 7. The molecule has 1 rings (SSSR count). The summed E-state index contributed by atoms with van der Waals surface area (Å²) in [6, 6.07) is -1.11. The Morgan fingerprint density at radius 1 is 1.24 bits per heavy atom. The lowest BCUT2D eigenvalue weighted by atomic mass is 10.1. The van der Waals surface area contributed by atoms with E-state index in [1.165, 1.54) is 0 Å². The highest BCUT2D eigenvalue weighted by Gasteiger charge is 2.34. The number of carbonyl (C=O) groups excluding carboxylic acids is 4. The van der Waals surface area contributed by atoms with E-state index >= 15 is 0 Å². The fraction of sp³-hybridized carbons (Fsp3) is 0.692. The highest BCUT2D eigenvalue weighted by Crippen LogP contribution is 2.14. The van der Waals surface area contributed by atoms with E-state index in [1.807, 2.05) is 0 Å². The molecule has 0 aromatic rings. The first kappa shape index (κ1) is 17.1. The molecule has 1 aliphatic rings. The second-order valence-electron chi connectivity index (χ2n) is 5.72. The Balaban J connectivity index is 2.39. The zero-order valence-electron chi connectivity index (χ0n) is 12.4. The maximum Gasteiger partial charge on any atom is 0.349 e. The van der Waals surface area contributed by atoms with Crippen LogP contribution in [0.2, 0.25) is 0 Å². The van der Waals surface area contributed by atoms with Crippen LogP contribution in [0.15, 0.2) is 0 Å². The van der Waals surface area contributed by atoms with E-state index < -0.39 is 35.4 Å². The van der Waals surface area contributed by atoms with Crippen LogP contribution in [-0.4, -0.2) is 40.5 Å². The second kappa shape index (κ2) is 6.66. The van der Waals surface area contributed by atoms with Gasteiger partial charge in [0.2, 0.25) is 0 Å². The topological polar surface area (TPSA) is 116 Å². The van der Waals surface area contributed by atoms with Gasteiger partial charge in [-0.2, -0.15) is 0 Å². The van der Waals surface area contributed by atoms with E-state index in [2.05, 4.69) is 4.84 Å². The Labute approximate surface area is 122 Å². The molecule has 1 fully saturated rings. The number of esters is 1. The summed E-state index contributed by atoms with van der Waals surface area (Å²) < 4.78 is 5.07. The third kappa shape index (κ3) is 5.50. The molecule has 2 amide bonds. The molecule has 1 atom stereocenters. The van der Waals surface area contributed by atoms with Gasteiger partial charge in [0, 0.05) is 19.3 Å². The SMILES string of the molecule is CC(C)(C)OC(=O)CC[C@H](N)C(=O)ON1C(=O)CCC1=O. The smallest absolute Gasteiger partial charge is 0.349 e. The van der Waals surface area contributed by atoms with Crippen LogP contribution >= 0.6 is 0 Å². The lowest BCUT2D eigenvalue weighted by Gasteiger charge is -2.20. The minimum absolute atomic E-state index is 0.00394. The molecule has 0 bridgehead atoms. The van der Waals surface area contributed by atoms with Gasteiger partial charge >= 0.3 is 11.9 Å². The van der Waals surface area contributed by atoms with Crippen molar-refractivity contribution in [3.8, 4) is 0 Å². The average molecular weight is 300 g/mol. The molecule has 0 aromatic carbocycles. The Morgan fingerprint density at radius 2 is 1.76 bits per heavy atom. The predicted molar refractivity (Wildman–Crippen MR) is 70.2 cm³/mol. The van der Waals surface area contributed by atoms with Gasteiger partial charge in [0.25, 0.3) is 11.8 Å². The van der Waals surface area contributed by atoms with Crippen molar-refractivity contribution in [2.75, 3.05) is 0 Å². The predicted octanol–water partition coefficient (Wildman–Crippen LogP) is 0.0428. The summed E-state index contributed by atoms with van der Waals surface area (Å²) in [6.45, 7) is 5.18. The number of ether oxygens (including phenoxy) is 1. The van der Waals surface area contributed by atoms with E-state index in [4.69, 9.17) is 10.5 Å². The fourth-order valence-corrected chi connectivity index (χ4v) is 1.60. The van der Waals surface area contributed by atoms with Gasteiger partial charge < -0.3 is 15.3 Å². The van der Waals surface area contributed by atoms with Crippen LogP contribution in [0.5, 0.6) is 0 Å². The second-order valence-corrected chi connectivity index (χ2v) is 5.72. The van der Waals surface area contributed by atoms with Gasteiger partial charge in [-0.25, -0.2) is 4.79 Å². The van der Waals surface area contributed by atoms with Crippen LogP contribution in [0.4, 0.5) is 0 Å². The lowest BCUT2D eigenvalue weighted by Crippen LogP contribution is -2.40. The van der Waals surface area contributed by atoms with E-state index in [-0.39, 0.29) is 25.7 Å². The molecule has 21 heavy (non-hydrogen) atoms. The molecule has 118 valence electrons. The van der Waals surface area contributed by atoms with Crippen LogP contribution in [0.1, 0.15) is 46.5 Å². The van der Waals surface area contributed by atoms with Crippen LogP contribution in [0, 0.1) is 0 Å². The van der Waals surface area contributed by atoms with Crippen molar-refractivity contribution >= 4 is 23.8 Å². The lowest BCUT2D eigenvalue weighted by molar-refractivity contribution is -0.198. The van der Waals surface area contributed by atoms with E-state index in [0.717, 1.165) is 0 Å². The summed E-state index contributed by atoms with van der Waals surface area (Å²) in [5, 5.41) is 0.426. The van der Waals surface area contributed by atoms with E-state index in [1.54, 1.807) is 20.8 Å². The molecule has 8 heteroatoms. The molecule has 2 N–H and O–H groups in total. The largest absolute Gasteiger partial charge is 0.460 e. The van der Waals surface area contributed by atoms with Gasteiger partial charge in [0.05, 0.1) is 0 Å². The van der Waals surface area contributed by atoms with Crippen molar-refractivity contribution < 1.29 is 28.8 Å². The van der Waals surface area contributed by atoms with Gasteiger partial charge in [-0.3, -0.25) is 14.4 Å². The first-order valence-corrected chi connectivity index (χ1v) is 6.65. The van der Waals surface area contributed by atoms with Crippen molar-refractivity contribution in [1.29, 1.82) is 0 Å². The molecule has 0 aliphatic carbocycles. The third-order valence-electron chi connectivity index (χ3n) is 2.57. The van der Waals surface area contributed by atoms with Crippen LogP contribution in [0.3, 0.4) is 0 Å². The maximum atomic E-state index is 11.6. The molecule has 0 spiro atoms. The van der Waals surface area contributed by atoms with E-state index in [0.29, 0.717) is 5.06 Å². The number of rotatable bonds is 5. The monoisotopic (exact) mass is 300 g/mol. The standard InChI is InChI=1S/C13H20N2O6/c1-13(2,3)20-11(18)7-4-8(14)12(19)21-15-9(16)5-6-10(15)17/h8H,4-7,14H2,1-3H3/t8-/m0/s1. The number of carbonyl (C=O) groups is 4. The first-order valence-electron chi connectivity index (χ1n) is 6.65. The zero-order chi connectivity index (χ0) is 16.2. The third-order valence-corrected chi connectivity index (χ3v) is 2.57. The number of hydrogen-bond donors (Lipinski definition) is 1. The van der Waals surface area contributed by atoms with Crippen LogP contribution in [0.25, 0.3) is 0 Å². The molecule has 1 heterocycles. The number of hydroxylamine groups is 2. The quantitative estimate of drug-likeness (QED) is 0.563. The number of nitrogens with two attached hydrogens (primary N) is 1. The molecular weight excluding hydrogens is 280 g/mol. The van der Waals surface area contributed by atoms with Gasteiger partial charge in [-0.05, 0) is 27.2 Å². The molecular formula is C13H20N2O6. The van der Waals surface area contributed by atoms with Crippen molar-refractivity contribution in [3.63, 3.8) is 0 Å². The maximum absolute atomic E-state index is 11.6. The Hall–Kier alpha value is -1.96. The van der Waals surface area contributed by atoms with E-state index in [9.17, 15) is 19.2 Å². The number of amides is 2. The van der Waals surface area contributed by atoms with Gasteiger partial charge in [0.1, 0.15) is 11.6 Å². The van der Waals surface area contributed by atoms with Crippen molar-refractivity contribution in [2.24, 2.45) is 5.73 Å². The summed E-state index contributed by atoms with van der Waals surface area (Å²) in [6.07, 6.45) is -0.0298. The highest BCUT2D eigenvalue weighted by atomic mass is 16.7. The van der Waals surface area contributed by atoms with Crippen molar-refractivity contribution in [3.05, 3.63) is 0 Å². The normalized spacial score (nSPS) is 16.9. The summed E-state index contributed by atoms with van der Waals surface area (Å²) in [7, 11) is 0. The van der Waals surface area contributed by atoms with Crippen molar-refractivity contribution in [2.45, 2.75) is 58.1 Å². The van der Waals surface area contributed by atoms with Gasteiger partial charge in [0.15, 0.2) is 0 Å². The minimum atomic E-state index is -1.11. The molecule has 0 unspecified atom stereocenters. The summed E-state index contributed by atoms with van der Waals surface area (Å²) in [4.78, 5) is 50.3. The molecule has 1 aliphatic heterocycles. The molecule has 0 radical (unpaired) electrons. The molecule has 0 saturated carbocycles. The van der Waals surface area contributed by atoms with Gasteiger partial charge in [-0.1, -0.05) is 0 Å². The van der Waals surface area contributed by atoms with Crippen LogP contribution < -0.4 is 5.73 Å². The highest BCUT2D eigenvalue weighted by molar-refractivity contribution is 6.01. The Kier molecular flexibility index (Phi) is 5.42. The molecule has 1 saturated heterocycles.